The Balaban J connectivity index is 2.13. The van der Waals surface area contributed by atoms with Crippen molar-refractivity contribution in [3.05, 3.63) is 36.5 Å². The van der Waals surface area contributed by atoms with Crippen molar-refractivity contribution < 1.29 is 4.74 Å². The van der Waals surface area contributed by atoms with Crippen molar-refractivity contribution in [2.45, 2.75) is 0 Å². The Hall–Kier alpha value is -2.34. The van der Waals surface area contributed by atoms with Gasteiger partial charge in [0.2, 0.25) is 0 Å². The number of rotatable bonds is 4. The molecule has 0 aliphatic rings. The van der Waals surface area contributed by atoms with E-state index in [0.29, 0.717) is 5.82 Å². The average Bonchev–Trinajstić information content (AvgIpc) is 2.40. The molecule has 0 atom stereocenters. The second-order valence-corrected chi connectivity index (χ2v) is 3.33. The van der Waals surface area contributed by atoms with E-state index < -0.39 is 0 Å². The maximum atomic E-state index is 5.25. The first-order valence-electron chi connectivity index (χ1n) is 5.02. The van der Waals surface area contributed by atoms with Crippen molar-refractivity contribution >= 4 is 17.2 Å². The summed E-state index contributed by atoms with van der Waals surface area (Å²) >= 11 is 0. The van der Waals surface area contributed by atoms with E-state index in [9.17, 15) is 0 Å². The molecule has 1 aromatic heterocycles. The van der Waals surface area contributed by atoms with Crippen LogP contribution >= 0.6 is 0 Å². The van der Waals surface area contributed by atoms with Crippen LogP contribution in [0.4, 0.5) is 17.2 Å². The largest absolute Gasteiger partial charge is 0.497 e. The Morgan fingerprint density at radius 2 is 1.94 bits per heavy atom. The lowest BCUT2D eigenvalue weighted by atomic mass is 10.3. The molecule has 0 saturated heterocycles. The minimum absolute atomic E-state index is 0.503. The highest BCUT2D eigenvalue weighted by atomic mass is 16.5. The Morgan fingerprint density at radius 3 is 2.59 bits per heavy atom. The quantitative estimate of drug-likeness (QED) is 0.546. The number of ether oxygens (including phenoxy) is 1. The number of nitrogen functional groups attached to an aromatic ring is 1. The Bertz CT molecular complexity index is 485. The smallest absolute Gasteiger partial charge is 0.164 e. The number of methoxy groups -OCH3 is 1. The van der Waals surface area contributed by atoms with Gasteiger partial charge in [-0.25, -0.2) is 5.84 Å². The molecule has 6 heteroatoms. The minimum Gasteiger partial charge on any atom is -0.497 e. The third-order valence-electron chi connectivity index (χ3n) is 2.18. The van der Waals surface area contributed by atoms with E-state index in [-0.39, 0.29) is 0 Å². The van der Waals surface area contributed by atoms with E-state index in [2.05, 4.69) is 20.9 Å². The number of aromatic nitrogens is 2. The highest BCUT2D eigenvalue weighted by Gasteiger charge is 1.98. The van der Waals surface area contributed by atoms with E-state index >= 15 is 0 Å². The molecule has 0 aliphatic carbocycles. The third-order valence-corrected chi connectivity index (χ3v) is 2.18. The van der Waals surface area contributed by atoms with Gasteiger partial charge >= 0.3 is 0 Å². The molecule has 0 radical (unpaired) electrons. The highest BCUT2D eigenvalue weighted by molar-refractivity contribution is 5.61. The highest BCUT2D eigenvalue weighted by Crippen LogP contribution is 2.20. The van der Waals surface area contributed by atoms with Crippen LogP contribution in [-0.2, 0) is 0 Å². The fourth-order valence-corrected chi connectivity index (χ4v) is 1.35. The minimum atomic E-state index is 0.503. The second kappa shape index (κ2) is 5.13. The number of benzene rings is 1. The molecule has 0 aliphatic heterocycles. The van der Waals surface area contributed by atoms with Crippen molar-refractivity contribution in [1.82, 2.24) is 10.2 Å². The zero-order valence-electron chi connectivity index (χ0n) is 9.34. The third kappa shape index (κ3) is 2.82. The summed E-state index contributed by atoms with van der Waals surface area (Å²) < 4.78 is 5.08. The number of anilines is 3. The number of hydrogen-bond donors (Lipinski definition) is 3. The standard InChI is InChI=1S/C11H13N5O/c1-17-10-4-2-8(3-5-10)14-9-6-11(15-12)16-13-7-9/h2-7H,12H2,1H3,(H2,14,15,16). The van der Waals surface area contributed by atoms with E-state index in [4.69, 9.17) is 10.6 Å². The van der Waals surface area contributed by atoms with Crippen molar-refractivity contribution in [3.63, 3.8) is 0 Å². The van der Waals surface area contributed by atoms with Gasteiger partial charge in [-0.05, 0) is 24.3 Å². The van der Waals surface area contributed by atoms with Gasteiger partial charge in [-0.15, -0.1) is 5.10 Å². The summed E-state index contributed by atoms with van der Waals surface area (Å²) in [6.45, 7) is 0. The molecule has 1 heterocycles. The molecular weight excluding hydrogens is 218 g/mol. The monoisotopic (exact) mass is 231 g/mol. The Labute approximate surface area is 98.8 Å². The molecule has 88 valence electrons. The number of nitrogens with two attached hydrogens (primary N) is 1. The van der Waals surface area contributed by atoms with E-state index in [1.807, 2.05) is 24.3 Å². The molecule has 6 nitrogen and oxygen atoms in total. The van der Waals surface area contributed by atoms with Crippen LogP contribution in [0.15, 0.2) is 36.5 Å². The van der Waals surface area contributed by atoms with Gasteiger partial charge in [0.25, 0.3) is 0 Å². The van der Waals surface area contributed by atoms with Gasteiger partial charge in [-0.2, -0.15) is 5.10 Å². The van der Waals surface area contributed by atoms with Crippen molar-refractivity contribution in [1.29, 1.82) is 0 Å². The molecular formula is C11H13N5O. The summed E-state index contributed by atoms with van der Waals surface area (Å²) in [5.41, 5.74) is 4.17. The molecule has 0 spiro atoms. The summed E-state index contributed by atoms with van der Waals surface area (Å²) in [5.74, 6) is 6.57. The summed E-state index contributed by atoms with van der Waals surface area (Å²) in [5, 5.41) is 10.8. The Kier molecular flexibility index (Phi) is 3.37. The zero-order valence-corrected chi connectivity index (χ0v) is 9.34. The van der Waals surface area contributed by atoms with Gasteiger partial charge in [-0.3, -0.25) is 0 Å². The summed E-state index contributed by atoms with van der Waals surface area (Å²) in [7, 11) is 1.63. The lowest BCUT2D eigenvalue weighted by Gasteiger charge is -2.07. The first-order valence-corrected chi connectivity index (χ1v) is 5.02. The first-order chi connectivity index (χ1) is 8.31. The summed E-state index contributed by atoms with van der Waals surface area (Å²) in [6, 6.07) is 9.33. The van der Waals surface area contributed by atoms with Crippen LogP contribution < -0.4 is 21.3 Å². The molecule has 0 bridgehead atoms. The van der Waals surface area contributed by atoms with Gasteiger partial charge in [-0.1, -0.05) is 0 Å². The first kappa shape index (κ1) is 11.2. The SMILES string of the molecule is COc1ccc(Nc2cnnc(NN)c2)cc1. The van der Waals surface area contributed by atoms with Crippen molar-refractivity contribution in [2.24, 2.45) is 5.84 Å². The van der Waals surface area contributed by atoms with Crippen LogP contribution in [-0.4, -0.2) is 17.3 Å². The summed E-state index contributed by atoms with van der Waals surface area (Å²) in [4.78, 5) is 0. The van der Waals surface area contributed by atoms with Crippen LogP contribution in [0.3, 0.4) is 0 Å². The Morgan fingerprint density at radius 1 is 1.18 bits per heavy atom. The van der Waals surface area contributed by atoms with Gasteiger partial charge in [0.05, 0.1) is 19.0 Å². The molecule has 2 aromatic rings. The number of hydrazine groups is 1. The predicted molar refractivity (Wildman–Crippen MR) is 66.1 cm³/mol. The fraction of sp³-hybridized carbons (Fsp3) is 0.0909. The zero-order chi connectivity index (χ0) is 12.1. The van der Waals surface area contributed by atoms with Gasteiger partial charge in [0.1, 0.15) is 5.75 Å². The lowest BCUT2D eigenvalue weighted by Crippen LogP contribution is -2.09. The maximum absolute atomic E-state index is 5.25. The molecule has 1 aromatic carbocycles. The number of nitrogens with one attached hydrogen (secondary N) is 2. The van der Waals surface area contributed by atoms with E-state index in [1.165, 1.54) is 0 Å². The van der Waals surface area contributed by atoms with Gasteiger partial charge in [0, 0.05) is 11.8 Å². The molecule has 0 saturated carbocycles. The molecule has 0 amide bonds. The number of hydrogen-bond acceptors (Lipinski definition) is 6. The van der Waals surface area contributed by atoms with Crippen LogP contribution in [0.2, 0.25) is 0 Å². The number of nitrogens with zero attached hydrogens (tertiary/aromatic N) is 2. The predicted octanol–water partition coefficient (Wildman–Crippen LogP) is 1.51. The van der Waals surface area contributed by atoms with Crippen molar-refractivity contribution in [2.75, 3.05) is 17.9 Å². The topological polar surface area (TPSA) is 85.1 Å². The van der Waals surface area contributed by atoms with Gasteiger partial charge < -0.3 is 15.5 Å². The molecule has 4 N–H and O–H groups in total. The van der Waals surface area contributed by atoms with Crippen LogP contribution in [0, 0.1) is 0 Å². The maximum Gasteiger partial charge on any atom is 0.164 e. The molecule has 2 rings (SSSR count). The normalized spacial score (nSPS) is 9.76. The average molecular weight is 231 g/mol. The van der Waals surface area contributed by atoms with Crippen LogP contribution in [0.5, 0.6) is 5.75 Å². The van der Waals surface area contributed by atoms with E-state index in [1.54, 1.807) is 19.4 Å². The van der Waals surface area contributed by atoms with Gasteiger partial charge in [0.15, 0.2) is 5.82 Å². The van der Waals surface area contributed by atoms with Crippen LogP contribution in [0.1, 0.15) is 0 Å². The molecule has 0 unspecified atom stereocenters. The van der Waals surface area contributed by atoms with Crippen molar-refractivity contribution in [3.8, 4) is 5.75 Å². The summed E-state index contributed by atoms with van der Waals surface area (Å²) in [6.07, 6.45) is 1.62. The van der Waals surface area contributed by atoms with Crippen LogP contribution in [0.25, 0.3) is 0 Å². The second-order valence-electron chi connectivity index (χ2n) is 3.33. The van der Waals surface area contributed by atoms with E-state index in [0.717, 1.165) is 17.1 Å². The molecule has 0 fully saturated rings. The fourth-order valence-electron chi connectivity index (χ4n) is 1.35. The molecule has 17 heavy (non-hydrogen) atoms. The lowest BCUT2D eigenvalue weighted by molar-refractivity contribution is 0.415.